The normalized spacial score (nSPS) is 19.8. The highest BCUT2D eigenvalue weighted by Crippen LogP contribution is 2.31. The Morgan fingerprint density at radius 2 is 1.31 bits per heavy atom. The maximum Gasteiger partial charge on any atom is 0.317 e. The van der Waals surface area contributed by atoms with Crippen molar-refractivity contribution in [3.05, 3.63) is 59.4 Å². The summed E-state index contributed by atoms with van der Waals surface area (Å²) >= 11 is 0. The van der Waals surface area contributed by atoms with Gasteiger partial charge in [0.05, 0.1) is 45.3 Å². The second-order valence-electron chi connectivity index (χ2n) is 16.8. The number of amides is 3. The van der Waals surface area contributed by atoms with E-state index in [-0.39, 0.29) is 37.6 Å². The molecule has 0 bridgehead atoms. The molecule has 3 aliphatic heterocycles. The molecule has 0 radical (unpaired) electrons. The molecular formula is C44H58F2N10O9. The van der Waals surface area contributed by atoms with Gasteiger partial charge in [0.15, 0.2) is 0 Å². The number of carbonyl (C=O) groups excluding carboxylic acids is 3. The number of nitriles is 1. The summed E-state index contributed by atoms with van der Waals surface area (Å²) in [6.07, 6.45) is 7.31. The van der Waals surface area contributed by atoms with Gasteiger partial charge in [-0.1, -0.05) is 24.3 Å². The molecule has 21 heteroatoms. The third-order valence-corrected chi connectivity index (χ3v) is 11.9. The van der Waals surface area contributed by atoms with Gasteiger partial charge in [0.25, 0.3) is 11.8 Å². The minimum absolute atomic E-state index is 0.0502. The van der Waals surface area contributed by atoms with Crippen LogP contribution in [0.1, 0.15) is 40.7 Å². The van der Waals surface area contributed by atoms with E-state index in [0.717, 1.165) is 35.5 Å². The van der Waals surface area contributed by atoms with Crippen molar-refractivity contribution in [1.29, 1.82) is 5.26 Å². The average molecular weight is 909 g/mol. The summed E-state index contributed by atoms with van der Waals surface area (Å²) in [6.45, 7) is 2.50. The molecule has 1 aromatic heterocycles. The Morgan fingerprint density at radius 1 is 0.785 bits per heavy atom. The number of nitrogens with one attached hydrogen (secondary N) is 1. The highest BCUT2D eigenvalue weighted by Gasteiger charge is 2.47. The largest absolute Gasteiger partial charge is 0.480 e. The zero-order valence-electron chi connectivity index (χ0n) is 36.6. The lowest BCUT2D eigenvalue weighted by molar-refractivity contribution is -0.141. The van der Waals surface area contributed by atoms with E-state index < -0.39 is 61.2 Å². The zero-order chi connectivity index (χ0) is 47.1. The first-order valence-electron chi connectivity index (χ1n) is 21.6. The third-order valence-electron chi connectivity index (χ3n) is 11.9. The summed E-state index contributed by atoms with van der Waals surface area (Å²) in [7, 11) is 2.01. The molecule has 2 aromatic rings. The lowest BCUT2D eigenvalue weighted by atomic mass is 9.96. The van der Waals surface area contributed by atoms with E-state index in [0.29, 0.717) is 76.9 Å². The van der Waals surface area contributed by atoms with Crippen LogP contribution < -0.4 is 10.2 Å². The maximum atomic E-state index is 13.8. The first-order chi connectivity index (χ1) is 31.0. The fourth-order valence-electron chi connectivity index (χ4n) is 8.25. The van der Waals surface area contributed by atoms with Crippen LogP contribution in [0.25, 0.3) is 12.2 Å². The number of hydrogen-bond donors (Lipinski definition) is 4. The molecule has 3 saturated heterocycles. The summed E-state index contributed by atoms with van der Waals surface area (Å²) in [4.78, 5) is 90.0. The molecule has 1 atom stereocenters. The number of aliphatic carboxylic acids is 3. The molecule has 0 aliphatic carbocycles. The van der Waals surface area contributed by atoms with E-state index in [1.165, 1.54) is 18.5 Å². The van der Waals surface area contributed by atoms with Crippen molar-refractivity contribution in [3.8, 4) is 6.07 Å². The van der Waals surface area contributed by atoms with Crippen LogP contribution in [0, 0.1) is 17.2 Å². The van der Waals surface area contributed by atoms with Crippen molar-refractivity contribution in [3.63, 3.8) is 0 Å². The predicted molar refractivity (Wildman–Crippen MR) is 234 cm³/mol. The Kier molecular flexibility index (Phi) is 18.2. The Labute approximate surface area is 376 Å². The number of piperidine rings is 1. The number of alkyl halides is 2. The van der Waals surface area contributed by atoms with Crippen molar-refractivity contribution in [2.24, 2.45) is 5.92 Å². The lowest BCUT2D eigenvalue weighted by Crippen LogP contribution is -2.51. The van der Waals surface area contributed by atoms with Crippen molar-refractivity contribution in [1.82, 2.24) is 39.7 Å². The Hall–Kier alpha value is -6.08. The summed E-state index contributed by atoms with van der Waals surface area (Å²) in [6, 6.07) is 9.78. The van der Waals surface area contributed by atoms with E-state index in [1.54, 1.807) is 26.8 Å². The van der Waals surface area contributed by atoms with Crippen LogP contribution in [-0.2, 0) is 24.0 Å². The number of rotatable bonds is 16. The number of likely N-dealkylation sites (tertiary alicyclic amines) is 2. The number of aromatic nitrogens is 1. The summed E-state index contributed by atoms with van der Waals surface area (Å²) < 4.78 is 27.6. The van der Waals surface area contributed by atoms with E-state index in [9.17, 15) is 58.1 Å². The van der Waals surface area contributed by atoms with Crippen LogP contribution in [0.2, 0.25) is 0 Å². The van der Waals surface area contributed by atoms with Crippen molar-refractivity contribution < 1.29 is 52.9 Å². The Bertz CT molecular complexity index is 2030. The molecule has 3 amide bonds. The Morgan fingerprint density at radius 3 is 1.82 bits per heavy atom. The van der Waals surface area contributed by atoms with Crippen molar-refractivity contribution >= 4 is 53.5 Å². The monoisotopic (exact) mass is 908 g/mol. The second kappa shape index (κ2) is 23.7. The fourth-order valence-corrected chi connectivity index (χ4v) is 8.25. The number of carboxylic acid groups (broad SMARTS) is 3. The van der Waals surface area contributed by atoms with Gasteiger partial charge in [-0.15, -0.1) is 0 Å². The van der Waals surface area contributed by atoms with Crippen LogP contribution >= 0.6 is 0 Å². The van der Waals surface area contributed by atoms with Gasteiger partial charge in [-0.25, -0.2) is 8.78 Å². The van der Waals surface area contributed by atoms with Gasteiger partial charge in [-0.3, -0.25) is 53.4 Å². The summed E-state index contributed by atoms with van der Waals surface area (Å²) in [5.41, 5.74) is 2.54. The first-order valence-corrected chi connectivity index (χ1v) is 21.6. The van der Waals surface area contributed by atoms with Crippen LogP contribution in [0.4, 0.5) is 14.5 Å². The third kappa shape index (κ3) is 15.8. The van der Waals surface area contributed by atoms with Crippen LogP contribution in [-0.4, -0.2) is 216 Å². The van der Waals surface area contributed by atoms with E-state index in [1.807, 2.05) is 47.2 Å². The molecule has 4 heterocycles. The highest BCUT2D eigenvalue weighted by atomic mass is 19.3. The lowest BCUT2D eigenvalue weighted by Gasteiger charge is -2.36. The topological polar surface area (TPSA) is 234 Å². The fraction of sp³-hybridized carbons (Fsp3) is 0.545. The van der Waals surface area contributed by atoms with Gasteiger partial charge < -0.3 is 35.3 Å². The van der Waals surface area contributed by atoms with Gasteiger partial charge in [-0.2, -0.15) is 5.26 Å². The molecule has 0 unspecified atom stereocenters. The molecule has 0 spiro atoms. The first kappa shape index (κ1) is 49.9. The molecule has 352 valence electrons. The minimum atomic E-state index is -3.16. The molecular weight excluding hydrogens is 851 g/mol. The highest BCUT2D eigenvalue weighted by molar-refractivity contribution is 6.00. The molecule has 65 heavy (non-hydrogen) atoms. The molecule has 1 aromatic carbocycles. The maximum absolute atomic E-state index is 13.8. The molecule has 19 nitrogen and oxygen atoms in total. The Balaban J connectivity index is 1.10. The van der Waals surface area contributed by atoms with Gasteiger partial charge in [0.1, 0.15) is 6.04 Å². The van der Waals surface area contributed by atoms with E-state index in [4.69, 9.17) is 0 Å². The van der Waals surface area contributed by atoms with Crippen LogP contribution in [0.15, 0.2) is 42.7 Å². The standard InChI is InChI=1S/C44H58F2N10O9/c1-50(35-6-3-32(4-7-35)2-5-34-24-48-11-8-37(34)43(65)49-25-38(57)56-31-44(45,46)22-36(56)23-47)26-33-9-12-55(13-10-33)39(58)27-51-14-16-52(28-40(59)60)18-20-54(30-42(63)64)21-19-53(17-15-51)29-41(61)62/h2-8,11,24,33,36H,9-10,12-22,25-31H2,1H3,(H,49,65)(H,59,60)(H,61,62)(H,63,64)/b5-2+/t36-/m0/s1. The minimum Gasteiger partial charge on any atom is -0.480 e. The average Bonchev–Trinajstić information content (AvgIpc) is 3.59. The SMILES string of the molecule is CN(CC1CCN(C(=O)CN2CCN(CC(=O)O)CCN(CC(=O)O)CCN(CC(=O)O)CC2)CC1)c1ccc(/C=C/c2cnccc2C(=O)NCC(=O)N2CC(F)(F)C[C@H]2C#N)cc1. The van der Waals surface area contributed by atoms with Gasteiger partial charge >= 0.3 is 17.9 Å². The molecule has 3 aliphatic rings. The number of pyridine rings is 1. The zero-order valence-corrected chi connectivity index (χ0v) is 36.6. The summed E-state index contributed by atoms with van der Waals surface area (Å²) in [5, 5.41) is 40.1. The van der Waals surface area contributed by atoms with Gasteiger partial charge in [-0.05, 0) is 42.5 Å². The number of anilines is 1. The molecule has 3 fully saturated rings. The molecule has 4 N–H and O–H groups in total. The van der Waals surface area contributed by atoms with Gasteiger partial charge in [0.2, 0.25) is 11.8 Å². The van der Waals surface area contributed by atoms with E-state index >= 15 is 0 Å². The smallest absolute Gasteiger partial charge is 0.317 e. The number of benzene rings is 1. The van der Waals surface area contributed by atoms with Gasteiger partial charge in [0, 0.05) is 115 Å². The van der Waals surface area contributed by atoms with E-state index in [2.05, 4.69) is 15.2 Å². The summed E-state index contributed by atoms with van der Waals surface area (Å²) in [5.74, 6) is -7.30. The van der Waals surface area contributed by atoms with Crippen molar-refractivity contribution in [2.75, 3.05) is 123 Å². The number of hydrogen-bond acceptors (Lipinski definition) is 13. The van der Waals surface area contributed by atoms with Crippen molar-refractivity contribution in [2.45, 2.75) is 31.2 Å². The number of carbonyl (C=O) groups is 6. The second-order valence-corrected chi connectivity index (χ2v) is 16.8. The number of nitrogens with zero attached hydrogens (tertiary/aromatic N) is 9. The number of carboxylic acids is 3. The molecule has 0 saturated carbocycles. The van der Waals surface area contributed by atoms with Crippen LogP contribution in [0.5, 0.6) is 0 Å². The quantitative estimate of drug-likeness (QED) is 0.183. The molecule has 5 rings (SSSR count). The van der Waals surface area contributed by atoms with Crippen LogP contribution in [0.3, 0.4) is 0 Å². The predicted octanol–water partition coefficient (Wildman–Crippen LogP) is 0.892. The number of halogens is 2.